The lowest BCUT2D eigenvalue weighted by Gasteiger charge is -2.25. The predicted molar refractivity (Wildman–Crippen MR) is 67.8 cm³/mol. The van der Waals surface area contributed by atoms with Gasteiger partial charge in [-0.1, -0.05) is 30.3 Å². The Hall–Kier alpha value is -0.610. The molecule has 92 valence electrons. The van der Waals surface area contributed by atoms with Crippen LogP contribution in [0.1, 0.15) is 25.5 Å². The van der Waals surface area contributed by atoms with Crippen LogP contribution in [0.4, 0.5) is 0 Å². The lowest BCUT2D eigenvalue weighted by atomic mass is 10.1. The van der Waals surface area contributed by atoms with Crippen LogP contribution < -0.4 is 5.32 Å². The van der Waals surface area contributed by atoms with E-state index < -0.39 is 6.10 Å². The molecular weight excluding hydrogens is 226 g/mol. The van der Waals surface area contributed by atoms with Gasteiger partial charge < -0.3 is 15.5 Å². The van der Waals surface area contributed by atoms with Crippen molar-refractivity contribution in [3.8, 4) is 0 Å². The molecule has 0 fully saturated rings. The second kappa shape index (κ2) is 6.86. The fraction of sp³-hybridized carbons (Fsp3) is 0.500. The van der Waals surface area contributed by atoms with Gasteiger partial charge in [0.25, 0.3) is 0 Å². The Morgan fingerprint density at radius 3 is 2.31 bits per heavy atom. The molecule has 0 spiro atoms. The van der Waals surface area contributed by atoms with Crippen molar-refractivity contribution < 1.29 is 10.2 Å². The zero-order valence-corrected chi connectivity index (χ0v) is 10.5. The summed E-state index contributed by atoms with van der Waals surface area (Å²) in [4.78, 5) is 0. The van der Waals surface area contributed by atoms with Gasteiger partial charge in [-0.25, -0.2) is 0 Å². The van der Waals surface area contributed by atoms with Gasteiger partial charge in [0.05, 0.1) is 12.7 Å². The SMILES string of the molecule is CC(C)(CO)NC[C@H](O)c1ccccc1.Cl. The van der Waals surface area contributed by atoms with Gasteiger partial charge in [0.2, 0.25) is 0 Å². The molecule has 0 saturated carbocycles. The van der Waals surface area contributed by atoms with Gasteiger partial charge in [-0.05, 0) is 19.4 Å². The zero-order valence-electron chi connectivity index (χ0n) is 9.68. The molecule has 0 amide bonds. The first-order chi connectivity index (χ1) is 7.05. The maximum Gasteiger partial charge on any atom is 0.0914 e. The zero-order chi connectivity index (χ0) is 11.3. The summed E-state index contributed by atoms with van der Waals surface area (Å²) in [6, 6.07) is 9.49. The monoisotopic (exact) mass is 245 g/mol. The Balaban J connectivity index is 0.00000225. The Kier molecular flexibility index (Phi) is 6.60. The molecule has 0 aliphatic heterocycles. The van der Waals surface area contributed by atoms with Crippen LogP contribution in [-0.2, 0) is 0 Å². The Labute approximate surface area is 103 Å². The van der Waals surface area contributed by atoms with Gasteiger partial charge >= 0.3 is 0 Å². The summed E-state index contributed by atoms with van der Waals surface area (Å²) < 4.78 is 0. The molecule has 0 bridgehead atoms. The molecule has 0 heterocycles. The van der Waals surface area contributed by atoms with Crippen LogP contribution in [0.5, 0.6) is 0 Å². The van der Waals surface area contributed by atoms with E-state index in [1.807, 2.05) is 44.2 Å². The van der Waals surface area contributed by atoms with Gasteiger partial charge in [0.1, 0.15) is 0 Å². The fourth-order valence-electron chi connectivity index (χ4n) is 1.22. The number of rotatable bonds is 5. The molecule has 0 aliphatic rings. The van der Waals surface area contributed by atoms with Crippen molar-refractivity contribution in [1.82, 2.24) is 5.32 Å². The number of hydrogen-bond acceptors (Lipinski definition) is 3. The van der Waals surface area contributed by atoms with E-state index in [4.69, 9.17) is 5.11 Å². The molecule has 0 unspecified atom stereocenters. The van der Waals surface area contributed by atoms with Crippen molar-refractivity contribution in [2.45, 2.75) is 25.5 Å². The number of halogens is 1. The first-order valence-corrected chi connectivity index (χ1v) is 5.14. The minimum absolute atomic E-state index is 0. The number of benzene rings is 1. The van der Waals surface area contributed by atoms with Crippen LogP contribution in [0, 0.1) is 0 Å². The highest BCUT2D eigenvalue weighted by Crippen LogP contribution is 2.12. The van der Waals surface area contributed by atoms with Gasteiger partial charge in [-0.15, -0.1) is 12.4 Å². The van der Waals surface area contributed by atoms with Crippen LogP contribution in [0.25, 0.3) is 0 Å². The second-order valence-electron chi connectivity index (χ2n) is 4.35. The van der Waals surface area contributed by atoms with Crippen LogP contribution >= 0.6 is 12.4 Å². The molecule has 1 aromatic carbocycles. The van der Waals surface area contributed by atoms with E-state index in [0.717, 1.165) is 5.56 Å². The summed E-state index contributed by atoms with van der Waals surface area (Å²) in [6.07, 6.45) is -0.531. The van der Waals surface area contributed by atoms with E-state index in [2.05, 4.69) is 5.32 Å². The minimum Gasteiger partial charge on any atom is -0.394 e. The average molecular weight is 246 g/mol. The first kappa shape index (κ1) is 15.4. The number of β-amino-alcohol motifs (C(OH)–C–C–N with tert-alkyl or cyclic N) is 1. The van der Waals surface area contributed by atoms with Crippen LogP contribution in [-0.4, -0.2) is 28.9 Å². The molecule has 0 radical (unpaired) electrons. The van der Waals surface area contributed by atoms with E-state index in [0.29, 0.717) is 6.54 Å². The third-order valence-electron chi connectivity index (χ3n) is 2.35. The van der Waals surface area contributed by atoms with E-state index in [-0.39, 0.29) is 24.6 Å². The molecular formula is C12H20ClNO2. The van der Waals surface area contributed by atoms with Gasteiger partial charge in [0, 0.05) is 12.1 Å². The molecule has 4 heteroatoms. The standard InChI is InChI=1S/C12H19NO2.ClH/c1-12(2,9-14)13-8-11(15)10-6-4-3-5-7-10;/h3-7,11,13-15H,8-9H2,1-2H3;1H/t11-;/m0./s1. The summed E-state index contributed by atoms with van der Waals surface area (Å²) in [5.41, 5.74) is 0.536. The van der Waals surface area contributed by atoms with Gasteiger partial charge in [0.15, 0.2) is 0 Å². The summed E-state index contributed by atoms with van der Waals surface area (Å²) in [5.74, 6) is 0. The summed E-state index contributed by atoms with van der Waals surface area (Å²) in [7, 11) is 0. The molecule has 16 heavy (non-hydrogen) atoms. The minimum atomic E-state index is -0.531. The predicted octanol–water partition coefficient (Wildman–Crippen LogP) is 1.50. The van der Waals surface area contributed by atoms with Crippen LogP contribution in [0.2, 0.25) is 0 Å². The highest BCUT2D eigenvalue weighted by atomic mass is 35.5. The van der Waals surface area contributed by atoms with E-state index >= 15 is 0 Å². The largest absolute Gasteiger partial charge is 0.394 e. The number of aliphatic hydroxyl groups is 2. The fourth-order valence-corrected chi connectivity index (χ4v) is 1.22. The molecule has 1 aromatic rings. The summed E-state index contributed by atoms with van der Waals surface area (Å²) >= 11 is 0. The van der Waals surface area contributed by atoms with Crippen LogP contribution in [0.15, 0.2) is 30.3 Å². The van der Waals surface area contributed by atoms with Gasteiger partial charge in [-0.2, -0.15) is 0 Å². The highest BCUT2D eigenvalue weighted by Gasteiger charge is 2.17. The Morgan fingerprint density at radius 2 is 1.81 bits per heavy atom. The Bertz CT molecular complexity index is 290. The molecule has 1 rings (SSSR count). The molecule has 3 N–H and O–H groups in total. The molecule has 0 saturated heterocycles. The van der Waals surface area contributed by atoms with Crippen molar-refractivity contribution in [2.75, 3.05) is 13.2 Å². The third-order valence-corrected chi connectivity index (χ3v) is 2.35. The average Bonchev–Trinajstić information content (AvgIpc) is 2.27. The van der Waals surface area contributed by atoms with Crippen molar-refractivity contribution in [3.05, 3.63) is 35.9 Å². The maximum atomic E-state index is 9.84. The molecule has 0 aliphatic carbocycles. The van der Waals surface area contributed by atoms with Crippen molar-refractivity contribution in [1.29, 1.82) is 0 Å². The van der Waals surface area contributed by atoms with Gasteiger partial charge in [-0.3, -0.25) is 0 Å². The molecule has 3 nitrogen and oxygen atoms in total. The van der Waals surface area contributed by atoms with Crippen molar-refractivity contribution in [3.63, 3.8) is 0 Å². The third kappa shape index (κ3) is 4.94. The highest BCUT2D eigenvalue weighted by molar-refractivity contribution is 5.85. The number of nitrogens with one attached hydrogen (secondary N) is 1. The quantitative estimate of drug-likeness (QED) is 0.737. The summed E-state index contributed by atoms with van der Waals surface area (Å²) in [6.45, 7) is 4.28. The second-order valence-corrected chi connectivity index (χ2v) is 4.35. The van der Waals surface area contributed by atoms with Crippen LogP contribution in [0.3, 0.4) is 0 Å². The van der Waals surface area contributed by atoms with Crippen molar-refractivity contribution >= 4 is 12.4 Å². The van der Waals surface area contributed by atoms with E-state index in [1.54, 1.807) is 0 Å². The molecule has 0 aromatic heterocycles. The number of aliphatic hydroxyl groups excluding tert-OH is 2. The Morgan fingerprint density at radius 1 is 1.25 bits per heavy atom. The van der Waals surface area contributed by atoms with E-state index in [9.17, 15) is 5.11 Å². The normalized spacial score (nSPS) is 13.0. The smallest absolute Gasteiger partial charge is 0.0914 e. The first-order valence-electron chi connectivity index (χ1n) is 5.14. The van der Waals surface area contributed by atoms with Crippen molar-refractivity contribution in [2.24, 2.45) is 0 Å². The topological polar surface area (TPSA) is 52.5 Å². The lowest BCUT2D eigenvalue weighted by molar-refractivity contribution is 0.136. The van der Waals surface area contributed by atoms with E-state index in [1.165, 1.54) is 0 Å². The lowest BCUT2D eigenvalue weighted by Crippen LogP contribution is -2.44. The summed E-state index contributed by atoms with van der Waals surface area (Å²) in [5, 5.41) is 22.0. The molecule has 1 atom stereocenters. The maximum absolute atomic E-state index is 9.84. The number of hydrogen-bond donors (Lipinski definition) is 3.